The molecule has 1 aromatic heterocycles. The lowest BCUT2D eigenvalue weighted by Gasteiger charge is -2.36. The summed E-state index contributed by atoms with van der Waals surface area (Å²) in [6.45, 7) is 6.63. The highest BCUT2D eigenvalue weighted by atomic mass is 35.5. The molecule has 0 unspecified atom stereocenters. The van der Waals surface area contributed by atoms with E-state index in [1.807, 2.05) is 4.72 Å². The molecule has 1 aromatic carbocycles. The first-order chi connectivity index (χ1) is 28.2. The predicted molar refractivity (Wildman–Crippen MR) is 215 cm³/mol. The molecule has 6 aliphatic rings. The molecule has 19 heteroatoms. The van der Waals surface area contributed by atoms with E-state index in [1.165, 1.54) is 22.5 Å². The van der Waals surface area contributed by atoms with Crippen LogP contribution < -0.4 is 25.7 Å². The van der Waals surface area contributed by atoms with Gasteiger partial charge in [0.2, 0.25) is 28.3 Å². The van der Waals surface area contributed by atoms with Crippen molar-refractivity contribution in [2.75, 3.05) is 6.54 Å². The zero-order valence-electron chi connectivity index (χ0n) is 34.2. The van der Waals surface area contributed by atoms with Crippen LogP contribution in [0, 0.1) is 29.1 Å². The van der Waals surface area contributed by atoms with Crippen LogP contribution in [0.25, 0.3) is 10.9 Å². The Morgan fingerprint density at radius 1 is 1.03 bits per heavy atom. The number of alkyl halides is 2. The van der Waals surface area contributed by atoms with E-state index >= 15 is 0 Å². The summed E-state index contributed by atoms with van der Waals surface area (Å²) in [5.41, 5.74) is -3.30. The highest BCUT2D eigenvalue weighted by Gasteiger charge is 2.67. The van der Waals surface area contributed by atoms with Gasteiger partial charge in [-0.2, -0.15) is 4.98 Å². The lowest BCUT2D eigenvalue weighted by Crippen LogP contribution is -2.60. The van der Waals surface area contributed by atoms with Gasteiger partial charge >= 0.3 is 6.09 Å². The minimum atomic E-state index is -4.26. The summed E-state index contributed by atoms with van der Waals surface area (Å²) in [4.78, 5) is 76.4. The summed E-state index contributed by atoms with van der Waals surface area (Å²) < 4.78 is 69.3. The van der Waals surface area contributed by atoms with Gasteiger partial charge in [0.15, 0.2) is 0 Å². The van der Waals surface area contributed by atoms with Crippen LogP contribution in [0.4, 0.5) is 13.6 Å². The number of halogens is 3. The Hall–Kier alpha value is -4.06. The zero-order chi connectivity index (χ0) is 43.1. The third kappa shape index (κ3) is 7.83. The molecule has 4 aliphatic carbocycles. The number of alkyl carbamates (subject to hydrolysis) is 1. The largest absolute Gasteiger partial charge is 0.459 e. The van der Waals surface area contributed by atoms with E-state index in [1.54, 1.807) is 32.9 Å². The maximum atomic E-state index is 14.8. The number of fused-ring (bicyclic) bond motifs is 7. The quantitative estimate of drug-likeness (QED) is 0.367. The topological polar surface area (TPSA) is 195 Å². The summed E-state index contributed by atoms with van der Waals surface area (Å²) in [5.74, 6) is -3.64. The van der Waals surface area contributed by atoms with Crippen molar-refractivity contribution < 1.29 is 45.9 Å². The number of nitrogens with zero attached hydrogens (tertiary/aromatic N) is 3. The van der Waals surface area contributed by atoms with Crippen molar-refractivity contribution in [1.29, 1.82) is 0 Å². The zero-order valence-corrected chi connectivity index (χ0v) is 35.8. The van der Waals surface area contributed by atoms with Crippen LogP contribution in [-0.4, -0.2) is 94.2 Å². The molecule has 0 spiro atoms. The van der Waals surface area contributed by atoms with E-state index < -0.39 is 86.5 Å². The Bertz CT molecular complexity index is 2270. The Balaban J connectivity index is 1.15. The number of carbonyl (C=O) groups is 4. The van der Waals surface area contributed by atoms with Crippen LogP contribution in [0.3, 0.4) is 0 Å². The summed E-state index contributed by atoms with van der Waals surface area (Å²) >= 11 is 6.29. The van der Waals surface area contributed by atoms with Crippen molar-refractivity contribution in [3.8, 4) is 6.01 Å². The summed E-state index contributed by atoms with van der Waals surface area (Å²) in [5, 5.41) is 5.88. The van der Waals surface area contributed by atoms with Crippen molar-refractivity contribution in [2.24, 2.45) is 29.1 Å². The van der Waals surface area contributed by atoms with Gasteiger partial charge in [-0.25, -0.2) is 22.0 Å². The Kier molecular flexibility index (Phi) is 10.9. The fourth-order valence-electron chi connectivity index (χ4n) is 9.79. The summed E-state index contributed by atoms with van der Waals surface area (Å²) in [7, 11) is -4.26. The maximum Gasteiger partial charge on any atom is 0.408 e. The van der Waals surface area contributed by atoms with Gasteiger partial charge in [0.05, 0.1) is 28.1 Å². The van der Waals surface area contributed by atoms with Crippen LogP contribution >= 0.6 is 11.6 Å². The second kappa shape index (κ2) is 15.4. The average Bonchev–Trinajstić information content (AvgIpc) is 4.03. The first-order valence-electron chi connectivity index (χ1n) is 21.0. The number of amides is 4. The van der Waals surface area contributed by atoms with E-state index in [0.717, 1.165) is 38.5 Å². The normalized spacial score (nSPS) is 32.8. The third-order valence-corrected chi connectivity index (χ3v) is 16.4. The molecule has 4 saturated carbocycles. The van der Waals surface area contributed by atoms with Crippen LogP contribution in [0.1, 0.15) is 98.3 Å². The third-order valence-electron chi connectivity index (χ3n) is 14.0. The number of aromatic nitrogens is 2. The van der Waals surface area contributed by atoms with Crippen molar-refractivity contribution >= 4 is 56.3 Å². The molecule has 1 saturated heterocycles. The van der Waals surface area contributed by atoms with Crippen molar-refractivity contribution in [2.45, 2.75) is 146 Å². The molecular formula is C41H53ClF2N6O9S. The molecular weight excluding hydrogens is 826 g/mol. The van der Waals surface area contributed by atoms with Gasteiger partial charge in [0.1, 0.15) is 29.8 Å². The lowest BCUT2D eigenvalue weighted by atomic mass is 9.71. The summed E-state index contributed by atoms with van der Waals surface area (Å²) in [6.07, 6.45) is 0.480. The number of ether oxygens (including phenoxy) is 2. The van der Waals surface area contributed by atoms with Crippen LogP contribution in [0.15, 0.2) is 23.0 Å². The first kappa shape index (κ1) is 42.6. The molecule has 2 aliphatic heterocycles. The van der Waals surface area contributed by atoms with Gasteiger partial charge in [0.25, 0.3) is 17.5 Å². The predicted octanol–water partition coefficient (Wildman–Crippen LogP) is 4.67. The fourth-order valence-corrected chi connectivity index (χ4v) is 11.3. The van der Waals surface area contributed by atoms with E-state index in [0.29, 0.717) is 28.7 Å². The van der Waals surface area contributed by atoms with Crippen LogP contribution in [-0.2, 0) is 35.7 Å². The molecule has 60 heavy (non-hydrogen) atoms. The number of hydrogen-bond acceptors (Lipinski definition) is 10. The first-order valence-corrected chi connectivity index (χ1v) is 22.9. The second-order valence-electron chi connectivity index (χ2n) is 19.1. The molecule has 2 aromatic rings. The fraction of sp³-hybridized carbons (Fsp3) is 0.707. The van der Waals surface area contributed by atoms with Gasteiger partial charge < -0.3 is 25.0 Å². The monoisotopic (exact) mass is 878 g/mol. The van der Waals surface area contributed by atoms with Crippen molar-refractivity contribution in [1.82, 2.24) is 29.8 Å². The van der Waals surface area contributed by atoms with Gasteiger partial charge in [0, 0.05) is 18.0 Å². The van der Waals surface area contributed by atoms with Gasteiger partial charge in [-0.05, 0) is 99.7 Å². The Morgan fingerprint density at radius 2 is 1.78 bits per heavy atom. The van der Waals surface area contributed by atoms with Crippen molar-refractivity contribution in [3.05, 3.63) is 33.6 Å². The van der Waals surface area contributed by atoms with Crippen LogP contribution in [0.5, 0.6) is 6.01 Å². The Labute approximate surface area is 352 Å². The second-order valence-corrected chi connectivity index (χ2v) is 21.8. The molecule has 8 rings (SSSR count). The van der Waals surface area contributed by atoms with E-state index in [9.17, 15) is 41.2 Å². The Morgan fingerprint density at radius 3 is 2.43 bits per heavy atom. The van der Waals surface area contributed by atoms with Crippen molar-refractivity contribution in [3.63, 3.8) is 0 Å². The summed E-state index contributed by atoms with van der Waals surface area (Å²) in [6, 6.07) is 1.96. The molecule has 15 nitrogen and oxygen atoms in total. The number of nitrogens with one attached hydrogen (secondary N) is 3. The number of rotatable bonds is 6. The SMILES string of the molecule is CC(C)(C)[C@@H]1NC(=O)O[C@@H]2C[C@@H]3CC[C@@H]3[C@H]2CCCCCn2c(nc3cc(Cl)ccc3c2=O)O[C@@H]2C[C@@H](C(=O)N[C@]3(C(=O)NS(=O)(=O)C4(C)CC4)C[C@H]3C(F)F)N(C2)C1=O. The molecule has 3 N–H and O–H groups in total. The molecule has 9 atom stereocenters. The standard InChI is InChI=1S/C41H53ClF2N6O9S/c1-39(2,3)31-35(53)50-20-23(18-29(50)33(51)47-41(19-27(41)32(43)44)36(54)48-60(56,57)40(4)13-14-40)58-37-45-28-17-22(42)10-12-26(28)34(52)49(37)15-7-5-6-8-25-24-11-9-21(24)16-30(25)59-38(55)46-31/h10,12,17,21,23-25,27,29-32H,5-9,11,13-16,18-20H2,1-4H3,(H,46,55)(H,47,51)(H,48,54)/t21-,23+,24-,25+,27-,29-,30+,31+,41+/m0/s1. The molecule has 2 bridgehead atoms. The number of benzene rings is 1. The van der Waals surface area contributed by atoms with Gasteiger partial charge in [-0.3, -0.25) is 28.5 Å². The number of hydrogen-bond donors (Lipinski definition) is 3. The molecule has 5 fully saturated rings. The highest BCUT2D eigenvalue weighted by molar-refractivity contribution is 7.91. The smallest absolute Gasteiger partial charge is 0.408 e. The van der Waals surface area contributed by atoms with Crippen LogP contribution in [0.2, 0.25) is 5.02 Å². The number of carbonyl (C=O) groups excluding carboxylic acids is 4. The molecule has 3 heterocycles. The number of sulfonamides is 1. The molecule has 0 radical (unpaired) electrons. The minimum absolute atomic E-state index is 0.0637. The van der Waals surface area contributed by atoms with E-state index in [-0.39, 0.29) is 61.5 Å². The average molecular weight is 879 g/mol. The highest BCUT2D eigenvalue weighted by Crippen LogP contribution is 2.53. The molecule has 328 valence electrons. The van der Waals surface area contributed by atoms with E-state index in [2.05, 4.69) is 15.6 Å². The minimum Gasteiger partial charge on any atom is -0.459 e. The van der Waals surface area contributed by atoms with Gasteiger partial charge in [-0.15, -0.1) is 0 Å². The van der Waals surface area contributed by atoms with E-state index in [4.69, 9.17) is 21.1 Å². The van der Waals surface area contributed by atoms with Gasteiger partial charge in [-0.1, -0.05) is 45.2 Å². The maximum absolute atomic E-state index is 14.8. The lowest BCUT2D eigenvalue weighted by molar-refractivity contribution is -0.143. The molecule has 4 amide bonds.